The second kappa shape index (κ2) is 4.32. The van der Waals surface area contributed by atoms with Crippen molar-refractivity contribution >= 4 is 0 Å². The number of nitrogens with zero attached hydrogens (tertiary/aromatic N) is 2. The van der Waals surface area contributed by atoms with Gasteiger partial charge in [0.05, 0.1) is 12.0 Å². The molecule has 0 spiro atoms. The maximum Gasteiger partial charge on any atom is 0.259 e. The Morgan fingerprint density at radius 3 is 2.69 bits per heavy atom. The third-order valence-electron chi connectivity index (χ3n) is 1.85. The average Bonchev–Trinajstić information content (AvgIpc) is 2.47. The minimum atomic E-state index is -2.41. The SMILES string of the molecule is CCNC(c1cncn1C)C(F)F. The first kappa shape index (κ1) is 10.1. The normalized spacial score (nSPS) is 13.6. The molecule has 0 aromatic carbocycles. The number of halogens is 2. The summed E-state index contributed by atoms with van der Waals surface area (Å²) in [6, 6.07) is -0.919. The van der Waals surface area contributed by atoms with E-state index in [1.807, 2.05) is 0 Å². The molecule has 1 aromatic heterocycles. The Bertz CT molecular complexity index is 260. The lowest BCUT2D eigenvalue weighted by atomic mass is 10.2. The van der Waals surface area contributed by atoms with E-state index in [0.29, 0.717) is 12.2 Å². The van der Waals surface area contributed by atoms with Crippen molar-refractivity contribution in [2.75, 3.05) is 6.54 Å². The van der Waals surface area contributed by atoms with Crippen molar-refractivity contribution < 1.29 is 8.78 Å². The van der Waals surface area contributed by atoms with Crippen LogP contribution in [0.3, 0.4) is 0 Å². The second-order valence-corrected chi connectivity index (χ2v) is 2.80. The fraction of sp³-hybridized carbons (Fsp3) is 0.625. The first-order chi connectivity index (χ1) is 6.16. The Balaban J connectivity index is 2.82. The van der Waals surface area contributed by atoms with E-state index >= 15 is 0 Å². The third-order valence-corrected chi connectivity index (χ3v) is 1.85. The summed E-state index contributed by atoms with van der Waals surface area (Å²) in [6.45, 7) is 2.31. The van der Waals surface area contributed by atoms with Crippen LogP contribution < -0.4 is 5.32 Å². The third kappa shape index (κ3) is 2.24. The number of aromatic nitrogens is 2. The Morgan fingerprint density at radius 1 is 1.62 bits per heavy atom. The van der Waals surface area contributed by atoms with Crippen LogP contribution in [0.15, 0.2) is 12.5 Å². The van der Waals surface area contributed by atoms with Gasteiger partial charge in [0, 0.05) is 13.2 Å². The van der Waals surface area contributed by atoms with Gasteiger partial charge in [0.25, 0.3) is 6.43 Å². The zero-order valence-corrected chi connectivity index (χ0v) is 7.67. The molecule has 1 unspecified atom stereocenters. The quantitative estimate of drug-likeness (QED) is 0.774. The van der Waals surface area contributed by atoms with Crippen molar-refractivity contribution in [3.63, 3.8) is 0 Å². The molecule has 0 aliphatic carbocycles. The number of imidazole rings is 1. The molecule has 0 amide bonds. The topological polar surface area (TPSA) is 29.9 Å². The van der Waals surface area contributed by atoms with Crippen molar-refractivity contribution in [3.8, 4) is 0 Å². The zero-order valence-electron chi connectivity index (χ0n) is 7.67. The average molecular weight is 189 g/mol. The van der Waals surface area contributed by atoms with E-state index in [1.165, 1.54) is 12.5 Å². The predicted octanol–water partition coefficient (Wildman–Crippen LogP) is 1.34. The van der Waals surface area contributed by atoms with Gasteiger partial charge < -0.3 is 9.88 Å². The van der Waals surface area contributed by atoms with E-state index in [0.717, 1.165) is 0 Å². The van der Waals surface area contributed by atoms with Gasteiger partial charge in [0.1, 0.15) is 6.04 Å². The molecule has 0 aliphatic heterocycles. The lowest BCUT2D eigenvalue weighted by molar-refractivity contribution is 0.0961. The highest BCUT2D eigenvalue weighted by Gasteiger charge is 2.23. The maximum atomic E-state index is 12.5. The molecular formula is C8H13F2N3. The summed E-state index contributed by atoms with van der Waals surface area (Å²) < 4.78 is 26.6. The summed E-state index contributed by atoms with van der Waals surface area (Å²) in [5.41, 5.74) is 0.511. The van der Waals surface area contributed by atoms with Crippen LogP contribution in [0.4, 0.5) is 8.78 Å². The summed E-state index contributed by atoms with van der Waals surface area (Å²) in [7, 11) is 1.70. The van der Waals surface area contributed by atoms with E-state index in [1.54, 1.807) is 18.5 Å². The van der Waals surface area contributed by atoms with Crippen molar-refractivity contribution in [2.45, 2.75) is 19.4 Å². The molecular weight excluding hydrogens is 176 g/mol. The van der Waals surface area contributed by atoms with Crippen LogP contribution in [0, 0.1) is 0 Å². The van der Waals surface area contributed by atoms with Crippen LogP contribution in [0.2, 0.25) is 0 Å². The van der Waals surface area contributed by atoms with Crippen LogP contribution in [0.25, 0.3) is 0 Å². The van der Waals surface area contributed by atoms with Crippen LogP contribution in [0.1, 0.15) is 18.7 Å². The van der Waals surface area contributed by atoms with E-state index in [4.69, 9.17) is 0 Å². The summed E-state index contributed by atoms with van der Waals surface area (Å²) in [5, 5.41) is 2.71. The highest BCUT2D eigenvalue weighted by Crippen LogP contribution is 2.19. The molecule has 1 heterocycles. The van der Waals surface area contributed by atoms with Gasteiger partial charge in [-0.05, 0) is 6.54 Å². The Morgan fingerprint density at radius 2 is 2.31 bits per heavy atom. The Labute approximate surface area is 75.8 Å². The standard InChI is InChI=1S/C8H13F2N3/c1-3-12-7(8(9)10)6-4-11-5-13(6)2/h4-5,7-8,12H,3H2,1-2H3. The van der Waals surface area contributed by atoms with Gasteiger partial charge in [0.2, 0.25) is 0 Å². The smallest absolute Gasteiger partial charge is 0.259 e. The van der Waals surface area contributed by atoms with Gasteiger partial charge >= 0.3 is 0 Å². The van der Waals surface area contributed by atoms with Crippen LogP contribution in [-0.4, -0.2) is 22.5 Å². The Kier molecular flexibility index (Phi) is 3.36. The van der Waals surface area contributed by atoms with Gasteiger partial charge in [-0.15, -0.1) is 0 Å². The van der Waals surface area contributed by atoms with Crippen LogP contribution in [-0.2, 0) is 7.05 Å². The molecule has 1 aromatic rings. The fourth-order valence-electron chi connectivity index (χ4n) is 1.21. The molecule has 1 atom stereocenters. The van der Waals surface area contributed by atoms with Gasteiger partial charge in [-0.25, -0.2) is 13.8 Å². The number of aryl methyl sites for hydroxylation is 1. The minimum Gasteiger partial charge on any atom is -0.336 e. The molecule has 0 fully saturated rings. The fourth-order valence-corrected chi connectivity index (χ4v) is 1.21. The highest BCUT2D eigenvalue weighted by molar-refractivity contribution is 5.05. The second-order valence-electron chi connectivity index (χ2n) is 2.80. The molecule has 0 bridgehead atoms. The summed E-state index contributed by atoms with van der Waals surface area (Å²) in [5.74, 6) is 0. The minimum absolute atomic E-state index is 0.511. The molecule has 1 N–H and O–H groups in total. The number of alkyl halides is 2. The zero-order chi connectivity index (χ0) is 9.84. The monoisotopic (exact) mass is 189 g/mol. The molecule has 0 radical (unpaired) electrons. The number of nitrogens with one attached hydrogen (secondary N) is 1. The van der Waals surface area contributed by atoms with Crippen LogP contribution in [0.5, 0.6) is 0 Å². The summed E-state index contributed by atoms with van der Waals surface area (Å²) in [4.78, 5) is 3.80. The lowest BCUT2D eigenvalue weighted by Crippen LogP contribution is -2.28. The summed E-state index contributed by atoms with van der Waals surface area (Å²) >= 11 is 0. The van der Waals surface area contributed by atoms with Crippen molar-refractivity contribution in [1.82, 2.24) is 14.9 Å². The number of hydrogen-bond donors (Lipinski definition) is 1. The van der Waals surface area contributed by atoms with Gasteiger partial charge in [0.15, 0.2) is 0 Å². The van der Waals surface area contributed by atoms with Gasteiger partial charge in [-0.2, -0.15) is 0 Å². The van der Waals surface area contributed by atoms with Crippen molar-refractivity contribution in [1.29, 1.82) is 0 Å². The van der Waals surface area contributed by atoms with E-state index in [9.17, 15) is 8.78 Å². The molecule has 13 heavy (non-hydrogen) atoms. The van der Waals surface area contributed by atoms with E-state index < -0.39 is 12.5 Å². The number of hydrogen-bond acceptors (Lipinski definition) is 2. The molecule has 1 rings (SSSR count). The van der Waals surface area contributed by atoms with Crippen molar-refractivity contribution in [2.24, 2.45) is 7.05 Å². The number of rotatable bonds is 4. The van der Waals surface area contributed by atoms with E-state index in [2.05, 4.69) is 10.3 Å². The molecule has 0 saturated carbocycles. The van der Waals surface area contributed by atoms with Gasteiger partial charge in [-0.1, -0.05) is 6.92 Å². The molecule has 0 saturated heterocycles. The largest absolute Gasteiger partial charge is 0.336 e. The van der Waals surface area contributed by atoms with Crippen molar-refractivity contribution in [3.05, 3.63) is 18.2 Å². The maximum absolute atomic E-state index is 12.5. The highest BCUT2D eigenvalue weighted by atomic mass is 19.3. The van der Waals surface area contributed by atoms with E-state index in [-0.39, 0.29) is 0 Å². The predicted molar refractivity (Wildman–Crippen MR) is 45.6 cm³/mol. The molecule has 74 valence electrons. The van der Waals surface area contributed by atoms with Gasteiger partial charge in [-0.3, -0.25) is 0 Å². The molecule has 0 aliphatic rings. The molecule has 3 nitrogen and oxygen atoms in total. The lowest BCUT2D eigenvalue weighted by Gasteiger charge is -2.16. The first-order valence-electron chi connectivity index (χ1n) is 4.14. The Hall–Kier alpha value is -0.970. The van der Waals surface area contributed by atoms with Crippen LogP contribution >= 0.6 is 0 Å². The first-order valence-corrected chi connectivity index (χ1v) is 4.14. The molecule has 5 heteroatoms. The summed E-state index contributed by atoms with van der Waals surface area (Å²) in [6.07, 6.45) is 0.567.